The van der Waals surface area contributed by atoms with Crippen LogP contribution < -0.4 is 11.1 Å². The monoisotopic (exact) mass is 409 g/mol. The number of nitrogens with two attached hydrogens (primary N) is 1. The fourth-order valence-electron chi connectivity index (χ4n) is 4.32. The van der Waals surface area contributed by atoms with Gasteiger partial charge in [-0.1, -0.05) is 23.9 Å². The number of rotatable bonds is 6. The molecular formula is C22H31N7O. The first-order valence-corrected chi connectivity index (χ1v) is 10.8. The van der Waals surface area contributed by atoms with Gasteiger partial charge in [-0.15, -0.1) is 5.10 Å². The van der Waals surface area contributed by atoms with Crippen molar-refractivity contribution in [3.63, 3.8) is 0 Å². The average molecular weight is 410 g/mol. The molecule has 1 aliphatic carbocycles. The number of fused-ring (bicyclic) bond motifs is 1. The third-order valence-corrected chi connectivity index (χ3v) is 5.90. The molecule has 1 aromatic carbocycles. The molecule has 2 aromatic rings. The Kier molecular flexibility index (Phi) is 6.76. The molecule has 0 atom stereocenters. The normalized spacial score (nSPS) is 23.8. The second-order valence-corrected chi connectivity index (χ2v) is 8.04. The van der Waals surface area contributed by atoms with E-state index in [0.717, 1.165) is 56.1 Å². The van der Waals surface area contributed by atoms with E-state index in [1.165, 1.54) is 25.6 Å². The van der Waals surface area contributed by atoms with E-state index >= 15 is 0 Å². The van der Waals surface area contributed by atoms with Gasteiger partial charge in [0.15, 0.2) is 5.84 Å². The van der Waals surface area contributed by atoms with E-state index in [-0.39, 0.29) is 0 Å². The summed E-state index contributed by atoms with van der Waals surface area (Å²) in [5.74, 6) is 1.99. The van der Waals surface area contributed by atoms with Crippen molar-refractivity contribution in [2.24, 2.45) is 16.6 Å². The second-order valence-electron chi connectivity index (χ2n) is 8.04. The first kappa shape index (κ1) is 20.6. The van der Waals surface area contributed by atoms with Crippen LogP contribution >= 0.6 is 0 Å². The number of benzene rings is 1. The fourth-order valence-corrected chi connectivity index (χ4v) is 4.32. The van der Waals surface area contributed by atoms with Gasteiger partial charge in [-0.05, 0) is 56.0 Å². The van der Waals surface area contributed by atoms with Crippen LogP contribution in [0, 0.1) is 5.92 Å². The van der Waals surface area contributed by atoms with Gasteiger partial charge in [0, 0.05) is 25.7 Å². The minimum absolute atomic E-state index is 0.401. The molecule has 2 aliphatic rings. The Labute approximate surface area is 177 Å². The van der Waals surface area contributed by atoms with E-state index < -0.39 is 0 Å². The Morgan fingerprint density at radius 2 is 2.00 bits per heavy atom. The number of allylic oxidation sites excluding steroid dienone is 1. The van der Waals surface area contributed by atoms with Crippen LogP contribution in [-0.4, -0.2) is 64.6 Å². The van der Waals surface area contributed by atoms with Crippen molar-refractivity contribution >= 4 is 16.9 Å². The van der Waals surface area contributed by atoms with Crippen LogP contribution in [0.5, 0.6) is 0 Å². The minimum atomic E-state index is 0.401. The molecule has 1 aliphatic heterocycles. The summed E-state index contributed by atoms with van der Waals surface area (Å²) in [5, 5.41) is 11.9. The summed E-state index contributed by atoms with van der Waals surface area (Å²) in [7, 11) is 0. The maximum absolute atomic E-state index is 5.65. The SMILES string of the molecule is C=C(N=C(/C=C\N)n1nnc2ccccc21)NC1CCC(CN2CCOCC2)CC1. The summed E-state index contributed by atoms with van der Waals surface area (Å²) in [5.41, 5.74) is 7.34. The van der Waals surface area contributed by atoms with Crippen LogP contribution in [-0.2, 0) is 4.74 Å². The van der Waals surface area contributed by atoms with Crippen LogP contribution in [0.25, 0.3) is 11.0 Å². The summed E-state index contributed by atoms with van der Waals surface area (Å²) in [6, 6.07) is 8.17. The predicted octanol–water partition coefficient (Wildman–Crippen LogP) is 2.10. The van der Waals surface area contributed by atoms with Crippen molar-refractivity contribution in [3.05, 3.63) is 48.9 Å². The third-order valence-electron chi connectivity index (χ3n) is 5.90. The molecule has 1 aromatic heterocycles. The molecule has 2 heterocycles. The molecule has 0 spiro atoms. The quantitative estimate of drug-likeness (QED) is 0.561. The van der Waals surface area contributed by atoms with Gasteiger partial charge in [-0.25, -0.2) is 4.99 Å². The lowest BCUT2D eigenvalue weighted by atomic mass is 9.85. The molecular weight excluding hydrogens is 378 g/mol. The van der Waals surface area contributed by atoms with Crippen molar-refractivity contribution in [1.82, 2.24) is 25.2 Å². The number of aliphatic imine (C=N–C) groups is 1. The van der Waals surface area contributed by atoms with E-state index in [9.17, 15) is 0 Å². The summed E-state index contributed by atoms with van der Waals surface area (Å²) >= 11 is 0. The number of nitrogens with zero attached hydrogens (tertiary/aromatic N) is 5. The Morgan fingerprint density at radius 1 is 1.23 bits per heavy atom. The number of nitrogens with one attached hydrogen (secondary N) is 1. The maximum atomic E-state index is 5.65. The zero-order valence-corrected chi connectivity index (χ0v) is 17.4. The number of para-hydroxylation sites is 1. The van der Waals surface area contributed by atoms with Crippen LogP contribution in [0.4, 0.5) is 0 Å². The van der Waals surface area contributed by atoms with E-state index in [1.54, 1.807) is 10.8 Å². The highest BCUT2D eigenvalue weighted by atomic mass is 16.5. The highest BCUT2D eigenvalue weighted by Gasteiger charge is 2.24. The van der Waals surface area contributed by atoms with Crippen molar-refractivity contribution in [3.8, 4) is 0 Å². The zero-order valence-electron chi connectivity index (χ0n) is 17.4. The second kappa shape index (κ2) is 9.86. The van der Waals surface area contributed by atoms with Crippen LogP contribution in [0.15, 0.2) is 53.9 Å². The number of hydrogen-bond donors (Lipinski definition) is 2. The topological polar surface area (TPSA) is 93.6 Å². The van der Waals surface area contributed by atoms with Gasteiger partial charge in [0.25, 0.3) is 0 Å². The molecule has 0 bridgehead atoms. The minimum Gasteiger partial charge on any atom is -0.404 e. The van der Waals surface area contributed by atoms with Crippen molar-refractivity contribution in [2.75, 3.05) is 32.8 Å². The summed E-state index contributed by atoms with van der Waals surface area (Å²) in [4.78, 5) is 7.19. The molecule has 0 unspecified atom stereocenters. The van der Waals surface area contributed by atoms with Gasteiger partial charge in [-0.3, -0.25) is 4.90 Å². The van der Waals surface area contributed by atoms with Crippen LogP contribution in [0.3, 0.4) is 0 Å². The summed E-state index contributed by atoms with van der Waals surface area (Å²) in [6.07, 6.45) is 7.91. The molecule has 0 amide bonds. The lowest BCUT2D eigenvalue weighted by Gasteiger charge is -2.34. The van der Waals surface area contributed by atoms with Crippen LogP contribution in [0.2, 0.25) is 0 Å². The molecule has 8 heteroatoms. The molecule has 30 heavy (non-hydrogen) atoms. The maximum Gasteiger partial charge on any atom is 0.159 e. The smallest absolute Gasteiger partial charge is 0.159 e. The zero-order chi connectivity index (χ0) is 20.8. The number of morpholine rings is 1. The number of ether oxygens (including phenoxy) is 1. The van der Waals surface area contributed by atoms with Gasteiger partial charge >= 0.3 is 0 Å². The standard InChI is InChI=1S/C22H31N7O/c1-17(24-19-8-6-18(7-9-19)16-28-12-14-30-15-13-28)25-22(10-11-23)29-21-5-3-2-4-20(21)26-27-29/h2-5,10-11,18-19,24H,1,6-9,12-16,23H2/b11-10-,25-22?. The Hall–Kier alpha value is -2.71. The largest absolute Gasteiger partial charge is 0.404 e. The van der Waals surface area contributed by atoms with Crippen LogP contribution in [0.1, 0.15) is 25.7 Å². The van der Waals surface area contributed by atoms with Gasteiger partial charge in [0.1, 0.15) is 11.3 Å². The van der Waals surface area contributed by atoms with Crippen molar-refractivity contribution in [2.45, 2.75) is 31.7 Å². The highest BCUT2D eigenvalue weighted by Crippen LogP contribution is 2.26. The predicted molar refractivity (Wildman–Crippen MR) is 119 cm³/mol. The Balaban J connectivity index is 1.34. The lowest BCUT2D eigenvalue weighted by molar-refractivity contribution is 0.0271. The van der Waals surface area contributed by atoms with Crippen molar-refractivity contribution in [1.29, 1.82) is 0 Å². The van der Waals surface area contributed by atoms with Crippen molar-refractivity contribution < 1.29 is 4.74 Å². The highest BCUT2D eigenvalue weighted by molar-refractivity contribution is 5.99. The molecule has 2 fully saturated rings. The van der Waals surface area contributed by atoms with E-state index in [0.29, 0.717) is 17.7 Å². The first-order chi connectivity index (χ1) is 14.7. The van der Waals surface area contributed by atoms with E-state index in [2.05, 4.69) is 32.1 Å². The first-order valence-electron chi connectivity index (χ1n) is 10.8. The molecule has 0 radical (unpaired) electrons. The fraction of sp³-hybridized carbons (Fsp3) is 0.500. The summed E-state index contributed by atoms with van der Waals surface area (Å²) < 4.78 is 7.14. The summed E-state index contributed by atoms with van der Waals surface area (Å²) in [6.45, 7) is 9.19. The molecule has 160 valence electrons. The molecule has 3 N–H and O–H groups in total. The number of hydrogen-bond acceptors (Lipinski definition) is 7. The van der Waals surface area contributed by atoms with E-state index in [1.807, 2.05) is 24.3 Å². The van der Waals surface area contributed by atoms with Gasteiger partial charge < -0.3 is 15.8 Å². The van der Waals surface area contributed by atoms with Gasteiger partial charge in [0.05, 0.1) is 18.7 Å². The van der Waals surface area contributed by atoms with Gasteiger partial charge in [0.2, 0.25) is 0 Å². The average Bonchev–Trinajstić information content (AvgIpc) is 3.20. The molecule has 1 saturated heterocycles. The molecule has 8 nitrogen and oxygen atoms in total. The molecule has 4 rings (SSSR count). The Bertz CT molecular complexity index is 905. The third kappa shape index (κ3) is 5.06. The lowest BCUT2D eigenvalue weighted by Crippen LogP contribution is -2.41. The molecule has 1 saturated carbocycles. The van der Waals surface area contributed by atoms with Gasteiger partial charge in [-0.2, -0.15) is 4.68 Å². The number of aromatic nitrogens is 3. The van der Waals surface area contributed by atoms with E-state index in [4.69, 9.17) is 10.5 Å². The Morgan fingerprint density at radius 3 is 2.77 bits per heavy atom.